The van der Waals surface area contributed by atoms with Crippen LogP contribution in [-0.4, -0.2) is 6.67 Å². The number of anilines is 1. The Bertz CT molecular complexity index is 305. The molecule has 0 bridgehead atoms. The molecule has 0 atom stereocenters. The number of rotatable bonds is 1. The van der Waals surface area contributed by atoms with Gasteiger partial charge in [-0.1, -0.05) is 32.0 Å². The predicted octanol–water partition coefficient (Wildman–Crippen LogP) is 2.28. The maximum absolute atomic E-state index is 3.40. The van der Waals surface area contributed by atoms with Gasteiger partial charge in [0.15, 0.2) is 0 Å². The third-order valence-corrected chi connectivity index (χ3v) is 2.51. The second-order valence-corrected chi connectivity index (χ2v) is 3.82. The van der Waals surface area contributed by atoms with Gasteiger partial charge >= 0.3 is 0 Å². The molecular formula is C11H16N2. The van der Waals surface area contributed by atoms with Gasteiger partial charge in [0.05, 0.1) is 6.67 Å². The Balaban J connectivity index is 2.46. The molecule has 0 aromatic heterocycles. The lowest BCUT2D eigenvalue weighted by Gasteiger charge is -2.23. The summed E-state index contributed by atoms with van der Waals surface area (Å²) >= 11 is 0. The molecule has 0 radical (unpaired) electrons. The van der Waals surface area contributed by atoms with Gasteiger partial charge in [-0.3, -0.25) is 5.32 Å². The highest BCUT2D eigenvalue weighted by molar-refractivity contribution is 5.59. The normalized spacial score (nSPS) is 15.3. The summed E-state index contributed by atoms with van der Waals surface area (Å²) in [6.07, 6.45) is 0. The molecule has 2 heteroatoms. The molecule has 2 N–H and O–H groups in total. The summed E-state index contributed by atoms with van der Waals surface area (Å²) in [5, 5.41) is 6.70. The summed E-state index contributed by atoms with van der Waals surface area (Å²) < 4.78 is 0. The zero-order chi connectivity index (χ0) is 9.26. The molecule has 70 valence electrons. The van der Waals surface area contributed by atoms with Crippen LogP contribution in [0.2, 0.25) is 0 Å². The van der Waals surface area contributed by atoms with Crippen molar-refractivity contribution in [1.29, 1.82) is 0 Å². The average Bonchev–Trinajstić information content (AvgIpc) is 2.17. The van der Waals surface area contributed by atoms with E-state index < -0.39 is 0 Å². The first kappa shape index (κ1) is 8.57. The minimum Gasteiger partial charge on any atom is -0.372 e. The smallest absolute Gasteiger partial charge is 0.0655 e. The van der Waals surface area contributed by atoms with Crippen molar-refractivity contribution in [3.8, 4) is 0 Å². The Morgan fingerprint density at radius 1 is 1.31 bits per heavy atom. The van der Waals surface area contributed by atoms with Crippen molar-refractivity contribution in [2.75, 3.05) is 12.0 Å². The summed E-state index contributed by atoms with van der Waals surface area (Å²) in [5.41, 5.74) is 4.16. The number of para-hydroxylation sites is 1. The van der Waals surface area contributed by atoms with E-state index in [2.05, 4.69) is 42.7 Å². The molecule has 0 amide bonds. The average molecular weight is 176 g/mol. The fourth-order valence-electron chi connectivity index (χ4n) is 1.81. The fourth-order valence-corrected chi connectivity index (χ4v) is 1.81. The monoisotopic (exact) mass is 176 g/mol. The summed E-state index contributed by atoms with van der Waals surface area (Å²) in [6.45, 7) is 6.35. The summed E-state index contributed by atoms with van der Waals surface area (Å²) in [5.74, 6) is 0.598. The van der Waals surface area contributed by atoms with E-state index in [1.165, 1.54) is 16.8 Å². The first-order valence-corrected chi connectivity index (χ1v) is 4.85. The van der Waals surface area contributed by atoms with Crippen LogP contribution in [0.3, 0.4) is 0 Å². The minimum absolute atomic E-state index is 0.598. The second kappa shape index (κ2) is 3.38. The Labute approximate surface area is 79.4 Å². The van der Waals surface area contributed by atoms with Crippen LogP contribution in [0.15, 0.2) is 18.2 Å². The highest BCUT2D eigenvalue weighted by Crippen LogP contribution is 2.28. The van der Waals surface area contributed by atoms with Gasteiger partial charge in [-0.2, -0.15) is 0 Å². The SMILES string of the molecule is CC(C)c1cccc2c1NCNC2. The third kappa shape index (κ3) is 1.54. The molecule has 1 aliphatic rings. The predicted molar refractivity (Wildman–Crippen MR) is 55.9 cm³/mol. The van der Waals surface area contributed by atoms with E-state index in [0.29, 0.717) is 5.92 Å². The highest BCUT2D eigenvalue weighted by Gasteiger charge is 2.12. The zero-order valence-electron chi connectivity index (χ0n) is 8.22. The minimum atomic E-state index is 0.598. The van der Waals surface area contributed by atoms with Crippen molar-refractivity contribution >= 4 is 5.69 Å². The fraction of sp³-hybridized carbons (Fsp3) is 0.455. The van der Waals surface area contributed by atoms with Crippen LogP contribution in [0.4, 0.5) is 5.69 Å². The molecule has 1 aromatic rings. The molecule has 1 aliphatic heterocycles. The van der Waals surface area contributed by atoms with Crippen molar-refractivity contribution < 1.29 is 0 Å². The number of hydrogen-bond acceptors (Lipinski definition) is 2. The molecule has 1 aromatic carbocycles. The van der Waals surface area contributed by atoms with Crippen LogP contribution in [0.1, 0.15) is 30.9 Å². The standard InChI is InChI=1S/C11H16N2/c1-8(2)10-5-3-4-9-6-12-7-13-11(9)10/h3-5,8,12-13H,6-7H2,1-2H3. The van der Waals surface area contributed by atoms with Gasteiger partial charge < -0.3 is 5.32 Å². The highest BCUT2D eigenvalue weighted by atomic mass is 15.1. The van der Waals surface area contributed by atoms with Crippen LogP contribution in [0.25, 0.3) is 0 Å². The Hall–Kier alpha value is -1.02. The van der Waals surface area contributed by atoms with Crippen LogP contribution in [-0.2, 0) is 6.54 Å². The Morgan fingerprint density at radius 3 is 2.92 bits per heavy atom. The molecule has 2 nitrogen and oxygen atoms in total. The van der Waals surface area contributed by atoms with E-state index in [1.54, 1.807) is 0 Å². The molecule has 0 saturated carbocycles. The number of fused-ring (bicyclic) bond motifs is 1. The largest absolute Gasteiger partial charge is 0.372 e. The van der Waals surface area contributed by atoms with E-state index in [9.17, 15) is 0 Å². The topological polar surface area (TPSA) is 24.1 Å². The quantitative estimate of drug-likeness (QED) is 0.686. The van der Waals surface area contributed by atoms with Crippen molar-refractivity contribution in [1.82, 2.24) is 5.32 Å². The lowest BCUT2D eigenvalue weighted by atomic mass is 9.97. The molecule has 0 fully saturated rings. The maximum atomic E-state index is 3.40. The van der Waals surface area contributed by atoms with Crippen molar-refractivity contribution in [2.24, 2.45) is 0 Å². The van der Waals surface area contributed by atoms with Crippen molar-refractivity contribution in [3.63, 3.8) is 0 Å². The van der Waals surface area contributed by atoms with Gasteiger partial charge in [0.2, 0.25) is 0 Å². The van der Waals surface area contributed by atoms with E-state index in [1.807, 2.05) is 0 Å². The summed E-state index contributed by atoms with van der Waals surface area (Å²) in [4.78, 5) is 0. The second-order valence-electron chi connectivity index (χ2n) is 3.82. The molecule has 0 saturated heterocycles. The molecule has 0 aliphatic carbocycles. The summed E-state index contributed by atoms with van der Waals surface area (Å²) in [7, 11) is 0. The molecule has 13 heavy (non-hydrogen) atoms. The molecule has 0 unspecified atom stereocenters. The van der Waals surface area contributed by atoms with Crippen LogP contribution in [0.5, 0.6) is 0 Å². The van der Waals surface area contributed by atoms with Gasteiger partial charge in [0.25, 0.3) is 0 Å². The van der Waals surface area contributed by atoms with Gasteiger partial charge in [-0.05, 0) is 17.0 Å². The Kier molecular flexibility index (Phi) is 2.23. The molecule has 2 rings (SSSR count). The third-order valence-electron chi connectivity index (χ3n) is 2.51. The van der Waals surface area contributed by atoms with E-state index in [-0.39, 0.29) is 0 Å². The van der Waals surface area contributed by atoms with Crippen LogP contribution < -0.4 is 10.6 Å². The van der Waals surface area contributed by atoms with Gasteiger partial charge in [0, 0.05) is 12.2 Å². The van der Waals surface area contributed by atoms with Gasteiger partial charge in [-0.25, -0.2) is 0 Å². The van der Waals surface area contributed by atoms with Gasteiger partial charge in [-0.15, -0.1) is 0 Å². The van der Waals surface area contributed by atoms with Crippen molar-refractivity contribution in [2.45, 2.75) is 26.3 Å². The van der Waals surface area contributed by atoms with Gasteiger partial charge in [0.1, 0.15) is 0 Å². The maximum Gasteiger partial charge on any atom is 0.0655 e. The number of benzene rings is 1. The Morgan fingerprint density at radius 2 is 2.15 bits per heavy atom. The number of nitrogens with one attached hydrogen (secondary N) is 2. The van der Waals surface area contributed by atoms with Crippen LogP contribution in [0, 0.1) is 0 Å². The lowest BCUT2D eigenvalue weighted by molar-refractivity contribution is 0.702. The molecular weight excluding hydrogens is 160 g/mol. The summed E-state index contributed by atoms with van der Waals surface area (Å²) in [6, 6.07) is 6.53. The van der Waals surface area contributed by atoms with E-state index in [0.717, 1.165) is 13.2 Å². The van der Waals surface area contributed by atoms with E-state index in [4.69, 9.17) is 0 Å². The molecule has 0 spiro atoms. The van der Waals surface area contributed by atoms with Crippen molar-refractivity contribution in [3.05, 3.63) is 29.3 Å². The van der Waals surface area contributed by atoms with E-state index >= 15 is 0 Å². The van der Waals surface area contributed by atoms with Crippen LogP contribution >= 0.6 is 0 Å². The first-order valence-electron chi connectivity index (χ1n) is 4.85. The first-order chi connectivity index (χ1) is 6.29. The lowest BCUT2D eigenvalue weighted by Crippen LogP contribution is -2.28. The number of hydrogen-bond donors (Lipinski definition) is 2. The zero-order valence-corrected chi connectivity index (χ0v) is 8.22. The molecule has 1 heterocycles.